The fourth-order valence-corrected chi connectivity index (χ4v) is 3.94. The lowest BCUT2D eigenvalue weighted by Crippen LogP contribution is -2.22. The quantitative estimate of drug-likeness (QED) is 0.455. The lowest BCUT2D eigenvalue weighted by molar-refractivity contribution is 0.0954. The number of thiazole rings is 1. The summed E-state index contributed by atoms with van der Waals surface area (Å²) in [6, 6.07) is 7.99. The maximum Gasteiger partial charge on any atom is 0.263 e. The molecule has 0 spiro atoms. The number of anilines is 1. The van der Waals surface area contributed by atoms with Crippen LogP contribution in [0.15, 0.2) is 53.5 Å². The molecule has 0 radical (unpaired) electrons. The minimum absolute atomic E-state index is 0.0709. The Balaban J connectivity index is 1.70. The first-order valence-electron chi connectivity index (χ1n) is 10.5. The molecule has 172 valence electrons. The molecule has 0 aliphatic heterocycles. The zero-order valence-electron chi connectivity index (χ0n) is 19.5. The molecule has 0 unspecified atom stereocenters. The van der Waals surface area contributed by atoms with Crippen LogP contribution in [-0.2, 0) is 12.0 Å². The number of allylic oxidation sites excluding steroid dienone is 1. The van der Waals surface area contributed by atoms with Gasteiger partial charge in [0.2, 0.25) is 0 Å². The van der Waals surface area contributed by atoms with Crippen molar-refractivity contribution in [2.45, 2.75) is 39.7 Å². The van der Waals surface area contributed by atoms with Gasteiger partial charge in [-0.2, -0.15) is 5.10 Å². The Morgan fingerprint density at radius 2 is 2.00 bits per heavy atom. The third-order valence-electron chi connectivity index (χ3n) is 4.86. The van der Waals surface area contributed by atoms with Crippen LogP contribution in [0.2, 0.25) is 0 Å². The van der Waals surface area contributed by atoms with Gasteiger partial charge in [-0.25, -0.2) is 4.98 Å². The van der Waals surface area contributed by atoms with E-state index in [1.807, 2.05) is 25.1 Å². The number of aliphatic imine (C=N–C) groups is 1. The summed E-state index contributed by atoms with van der Waals surface area (Å²) in [6.45, 7) is 8.72. The van der Waals surface area contributed by atoms with E-state index in [1.54, 1.807) is 25.7 Å². The second kappa shape index (κ2) is 10.4. The van der Waals surface area contributed by atoms with Gasteiger partial charge < -0.3 is 16.4 Å². The zero-order valence-corrected chi connectivity index (χ0v) is 20.3. The molecule has 0 aliphatic rings. The first kappa shape index (κ1) is 24.1. The average Bonchev–Trinajstić information content (AvgIpc) is 3.29. The molecular weight excluding hydrogens is 434 g/mol. The molecule has 0 fully saturated rings. The highest BCUT2D eigenvalue weighted by Gasteiger charge is 2.20. The van der Waals surface area contributed by atoms with E-state index >= 15 is 0 Å². The minimum Gasteiger partial charge on any atom is -0.403 e. The third kappa shape index (κ3) is 6.23. The van der Waals surface area contributed by atoms with Crippen molar-refractivity contribution in [3.8, 4) is 11.1 Å². The largest absolute Gasteiger partial charge is 0.403 e. The van der Waals surface area contributed by atoms with Crippen LogP contribution in [0.4, 0.5) is 5.82 Å². The maximum atomic E-state index is 12.6. The average molecular weight is 464 g/mol. The smallest absolute Gasteiger partial charge is 0.263 e. The molecule has 1 aromatic carbocycles. The number of benzene rings is 1. The molecule has 3 aromatic rings. The van der Waals surface area contributed by atoms with Crippen molar-refractivity contribution in [2.75, 3.05) is 12.4 Å². The first-order valence-corrected chi connectivity index (χ1v) is 11.3. The topological polar surface area (TPSA) is 118 Å². The second-order valence-corrected chi connectivity index (χ2v) is 9.60. The number of nitrogens with one attached hydrogen (secondary N) is 2. The van der Waals surface area contributed by atoms with Crippen molar-refractivity contribution >= 4 is 29.3 Å². The minimum atomic E-state index is -0.111. The van der Waals surface area contributed by atoms with Gasteiger partial charge in [0.25, 0.3) is 5.91 Å². The molecule has 0 bridgehead atoms. The summed E-state index contributed by atoms with van der Waals surface area (Å²) in [6.07, 6.45) is 6.39. The number of nitrogens with two attached hydrogens (primary N) is 1. The molecule has 8 nitrogen and oxygen atoms in total. The summed E-state index contributed by atoms with van der Waals surface area (Å²) >= 11 is 1.44. The van der Waals surface area contributed by atoms with E-state index in [4.69, 9.17) is 5.73 Å². The Bertz CT molecular complexity index is 1190. The van der Waals surface area contributed by atoms with Gasteiger partial charge in [-0.15, -0.1) is 16.4 Å². The molecule has 0 atom stereocenters. The monoisotopic (exact) mass is 463 g/mol. The van der Waals surface area contributed by atoms with Crippen LogP contribution in [0.25, 0.3) is 11.1 Å². The van der Waals surface area contributed by atoms with Crippen molar-refractivity contribution in [3.05, 3.63) is 69.6 Å². The third-order valence-corrected chi connectivity index (χ3v) is 6.28. The van der Waals surface area contributed by atoms with Gasteiger partial charge in [-0.05, 0) is 29.7 Å². The Kier molecular flexibility index (Phi) is 7.55. The summed E-state index contributed by atoms with van der Waals surface area (Å²) in [7, 11) is 1.67. The lowest BCUT2D eigenvalue weighted by atomic mass is 9.98. The normalized spacial score (nSPS) is 12.2. The van der Waals surface area contributed by atoms with Gasteiger partial charge in [-0.1, -0.05) is 39.0 Å². The SMILES string of the molecule is CN=CC(=CN)Nc1cc(-c2ccc(CNC(=O)c3cnc(C(C)(C)C)s3)c(C)c2)cnn1. The van der Waals surface area contributed by atoms with Crippen molar-refractivity contribution < 1.29 is 4.79 Å². The van der Waals surface area contributed by atoms with Gasteiger partial charge in [-0.3, -0.25) is 9.79 Å². The summed E-state index contributed by atoms with van der Waals surface area (Å²) in [5.41, 5.74) is 10.2. The highest BCUT2D eigenvalue weighted by atomic mass is 32.1. The number of aromatic nitrogens is 3. The Morgan fingerprint density at radius 3 is 2.64 bits per heavy atom. The molecule has 2 heterocycles. The highest BCUT2D eigenvalue weighted by Crippen LogP contribution is 2.27. The van der Waals surface area contributed by atoms with Gasteiger partial charge in [0.05, 0.1) is 23.1 Å². The van der Waals surface area contributed by atoms with E-state index in [2.05, 4.69) is 57.6 Å². The van der Waals surface area contributed by atoms with Gasteiger partial charge in [0.1, 0.15) is 4.88 Å². The Hall–Kier alpha value is -3.59. The first-order chi connectivity index (χ1) is 15.7. The fourth-order valence-electron chi connectivity index (χ4n) is 3.05. The standard InChI is InChI=1S/C24H29N7OS/c1-15-8-16(18-9-21(31-29-12-18)30-19(10-25)13-26-5)6-7-17(15)11-27-22(32)20-14-28-23(33-20)24(2,3)4/h6-10,12-14H,11,25H2,1-5H3,(H,27,32)(H,30,31). The van der Waals surface area contributed by atoms with E-state index in [-0.39, 0.29) is 11.3 Å². The summed E-state index contributed by atoms with van der Waals surface area (Å²) < 4.78 is 0. The maximum absolute atomic E-state index is 12.6. The highest BCUT2D eigenvalue weighted by molar-refractivity contribution is 7.13. The number of rotatable bonds is 7. The zero-order chi connectivity index (χ0) is 24.0. The van der Waals surface area contributed by atoms with Gasteiger partial charge in [0, 0.05) is 37.0 Å². The molecule has 4 N–H and O–H groups in total. The summed E-state index contributed by atoms with van der Waals surface area (Å²) in [5, 5.41) is 15.2. The Labute approximate surface area is 198 Å². The van der Waals surface area contributed by atoms with Crippen molar-refractivity contribution in [1.29, 1.82) is 0 Å². The number of hydrogen-bond acceptors (Lipinski definition) is 8. The van der Waals surface area contributed by atoms with Gasteiger partial charge >= 0.3 is 0 Å². The van der Waals surface area contributed by atoms with Crippen LogP contribution >= 0.6 is 11.3 Å². The van der Waals surface area contributed by atoms with Crippen LogP contribution in [0.3, 0.4) is 0 Å². The van der Waals surface area contributed by atoms with Crippen molar-refractivity contribution in [2.24, 2.45) is 10.7 Å². The van der Waals surface area contributed by atoms with E-state index in [0.717, 1.165) is 27.3 Å². The number of hydrogen-bond donors (Lipinski definition) is 3. The van der Waals surface area contributed by atoms with Crippen LogP contribution in [-0.4, -0.2) is 34.4 Å². The second-order valence-electron chi connectivity index (χ2n) is 8.57. The molecule has 0 saturated heterocycles. The van der Waals surface area contributed by atoms with Crippen LogP contribution in [0.1, 0.15) is 46.6 Å². The molecule has 33 heavy (non-hydrogen) atoms. The van der Waals surface area contributed by atoms with Crippen LogP contribution < -0.4 is 16.4 Å². The number of amides is 1. The molecule has 0 aliphatic carbocycles. The molecule has 9 heteroatoms. The predicted octanol–water partition coefficient (Wildman–Crippen LogP) is 4.05. The Morgan fingerprint density at radius 1 is 1.21 bits per heavy atom. The molecule has 3 rings (SSSR count). The summed E-state index contributed by atoms with van der Waals surface area (Å²) in [5.74, 6) is 0.456. The molecule has 0 saturated carbocycles. The van der Waals surface area contributed by atoms with Gasteiger partial charge in [0.15, 0.2) is 5.82 Å². The van der Waals surface area contributed by atoms with E-state index < -0.39 is 0 Å². The predicted molar refractivity (Wildman–Crippen MR) is 134 cm³/mol. The number of nitrogens with zero attached hydrogens (tertiary/aromatic N) is 4. The summed E-state index contributed by atoms with van der Waals surface area (Å²) in [4.78, 5) is 21.5. The molecular formula is C24H29N7OS. The van der Waals surface area contributed by atoms with Crippen LogP contribution in [0, 0.1) is 6.92 Å². The van der Waals surface area contributed by atoms with Crippen LogP contribution in [0.5, 0.6) is 0 Å². The number of aryl methyl sites for hydroxylation is 1. The molecule has 1 amide bonds. The van der Waals surface area contributed by atoms with Crippen molar-refractivity contribution in [1.82, 2.24) is 20.5 Å². The van der Waals surface area contributed by atoms with E-state index in [1.165, 1.54) is 17.5 Å². The molecule has 2 aromatic heterocycles. The lowest BCUT2D eigenvalue weighted by Gasteiger charge is -2.13. The number of carbonyl (C=O) groups is 1. The van der Waals surface area contributed by atoms with Crippen molar-refractivity contribution in [3.63, 3.8) is 0 Å². The fraction of sp³-hybridized carbons (Fsp3) is 0.292. The van der Waals surface area contributed by atoms with E-state index in [9.17, 15) is 4.79 Å². The number of carbonyl (C=O) groups excluding carboxylic acids is 1. The van der Waals surface area contributed by atoms with E-state index in [0.29, 0.717) is 22.9 Å².